The number of allylic oxidation sites excluding steroid dienone is 3. The van der Waals surface area contributed by atoms with Crippen molar-refractivity contribution in [1.29, 1.82) is 0 Å². The summed E-state index contributed by atoms with van der Waals surface area (Å²) < 4.78 is 0. The molecule has 15 heavy (non-hydrogen) atoms. The largest absolute Gasteiger partial charge is 0.366 e. The zero-order valence-electron chi connectivity index (χ0n) is 8.05. The Morgan fingerprint density at radius 3 is 2.87 bits per heavy atom. The maximum absolute atomic E-state index is 11.0. The lowest BCUT2D eigenvalue weighted by atomic mass is 10.1. The van der Waals surface area contributed by atoms with Crippen LogP contribution in [0.15, 0.2) is 41.4 Å². The van der Waals surface area contributed by atoms with Crippen molar-refractivity contribution in [2.45, 2.75) is 0 Å². The highest BCUT2D eigenvalue weighted by Crippen LogP contribution is 2.22. The lowest BCUT2D eigenvalue weighted by molar-refractivity contribution is 0.100. The van der Waals surface area contributed by atoms with Crippen LogP contribution >= 0.6 is 0 Å². The van der Waals surface area contributed by atoms with E-state index >= 15 is 0 Å². The minimum Gasteiger partial charge on any atom is -0.366 e. The van der Waals surface area contributed by atoms with Crippen LogP contribution in [0.25, 0.3) is 6.08 Å². The number of hydrogen-bond donors (Lipinski definition) is 1. The SMILES string of the molecule is NC(=O)c1ccc2c(c1)C=CC=CC=N2. The van der Waals surface area contributed by atoms with E-state index in [1.807, 2.05) is 24.3 Å². The van der Waals surface area contributed by atoms with Crippen LogP contribution in [-0.2, 0) is 0 Å². The molecule has 1 aliphatic heterocycles. The predicted molar refractivity (Wildman–Crippen MR) is 61.3 cm³/mol. The van der Waals surface area contributed by atoms with E-state index in [2.05, 4.69) is 4.99 Å². The molecule has 0 radical (unpaired) electrons. The number of primary amides is 1. The van der Waals surface area contributed by atoms with Gasteiger partial charge in [-0.2, -0.15) is 0 Å². The number of nitrogens with zero attached hydrogens (tertiary/aromatic N) is 1. The molecule has 0 saturated heterocycles. The van der Waals surface area contributed by atoms with Gasteiger partial charge in [0.15, 0.2) is 0 Å². The van der Waals surface area contributed by atoms with Crippen LogP contribution < -0.4 is 5.73 Å². The molecule has 1 aromatic carbocycles. The molecule has 0 atom stereocenters. The summed E-state index contributed by atoms with van der Waals surface area (Å²) in [6.45, 7) is 0. The number of rotatable bonds is 1. The predicted octanol–water partition coefficient (Wildman–Crippen LogP) is 2.07. The molecule has 0 bridgehead atoms. The second-order valence-electron chi connectivity index (χ2n) is 3.16. The minimum atomic E-state index is -0.423. The van der Waals surface area contributed by atoms with Crippen LogP contribution in [0.4, 0.5) is 5.69 Å². The first-order valence-corrected chi connectivity index (χ1v) is 4.58. The first kappa shape index (κ1) is 9.40. The van der Waals surface area contributed by atoms with E-state index in [0.717, 1.165) is 11.3 Å². The number of amides is 1. The van der Waals surface area contributed by atoms with Gasteiger partial charge in [-0.25, -0.2) is 0 Å². The zero-order valence-corrected chi connectivity index (χ0v) is 8.05. The van der Waals surface area contributed by atoms with E-state index in [-0.39, 0.29) is 0 Å². The van der Waals surface area contributed by atoms with Crippen LogP contribution in [0.3, 0.4) is 0 Å². The lowest BCUT2D eigenvalue weighted by Gasteiger charge is -2.03. The van der Waals surface area contributed by atoms with Crippen molar-refractivity contribution in [1.82, 2.24) is 0 Å². The van der Waals surface area contributed by atoms with E-state index in [1.165, 1.54) is 0 Å². The third-order valence-electron chi connectivity index (χ3n) is 2.11. The summed E-state index contributed by atoms with van der Waals surface area (Å²) in [5.74, 6) is -0.423. The fraction of sp³-hybridized carbons (Fsp3) is 0. The lowest BCUT2D eigenvalue weighted by Crippen LogP contribution is -2.10. The normalized spacial score (nSPS) is 13.1. The summed E-state index contributed by atoms with van der Waals surface area (Å²) in [7, 11) is 0. The zero-order chi connectivity index (χ0) is 10.7. The van der Waals surface area contributed by atoms with E-state index in [4.69, 9.17) is 5.73 Å². The number of benzene rings is 1. The third kappa shape index (κ3) is 2.02. The van der Waals surface area contributed by atoms with Gasteiger partial charge in [0.25, 0.3) is 0 Å². The van der Waals surface area contributed by atoms with Crippen molar-refractivity contribution in [3.05, 3.63) is 47.6 Å². The molecule has 1 aliphatic rings. The van der Waals surface area contributed by atoms with E-state index < -0.39 is 5.91 Å². The van der Waals surface area contributed by atoms with E-state index in [9.17, 15) is 4.79 Å². The van der Waals surface area contributed by atoms with Gasteiger partial charge in [0.1, 0.15) is 0 Å². The van der Waals surface area contributed by atoms with Gasteiger partial charge in [-0.05, 0) is 24.3 Å². The van der Waals surface area contributed by atoms with Gasteiger partial charge in [0.05, 0.1) is 5.69 Å². The van der Waals surface area contributed by atoms with Crippen molar-refractivity contribution in [2.24, 2.45) is 10.7 Å². The van der Waals surface area contributed by atoms with Gasteiger partial charge in [0, 0.05) is 17.3 Å². The number of hydrogen-bond acceptors (Lipinski definition) is 2. The molecular weight excluding hydrogens is 188 g/mol. The molecule has 0 saturated carbocycles. The first-order valence-electron chi connectivity index (χ1n) is 4.58. The highest BCUT2D eigenvalue weighted by atomic mass is 16.1. The number of fused-ring (bicyclic) bond motifs is 1. The molecule has 0 fully saturated rings. The quantitative estimate of drug-likeness (QED) is 0.737. The van der Waals surface area contributed by atoms with Gasteiger partial charge in [0.2, 0.25) is 5.91 Å². The standard InChI is InChI=1S/C12H10N2O/c13-12(15)10-5-6-11-9(8-10)4-2-1-3-7-14-11/h1-8H,(H2,13,15). The minimum absolute atomic E-state index is 0.423. The number of aliphatic imine (C=N–C) groups is 1. The van der Waals surface area contributed by atoms with Gasteiger partial charge in [-0.1, -0.05) is 18.2 Å². The molecule has 1 amide bonds. The topological polar surface area (TPSA) is 55.5 Å². The van der Waals surface area contributed by atoms with Crippen LogP contribution in [0.1, 0.15) is 15.9 Å². The molecule has 2 rings (SSSR count). The van der Waals surface area contributed by atoms with Crippen LogP contribution in [-0.4, -0.2) is 12.1 Å². The smallest absolute Gasteiger partial charge is 0.248 e. The Balaban J connectivity index is 2.53. The van der Waals surface area contributed by atoms with Crippen molar-refractivity contribution in [3.63, 3.8) is 0 Å². The molecule has 3 nitrogen and oxygen atoms in total. The Morgan fingerprint density at radius 1 is 1.20 bits per heavy atom. The molecule has 74 valence electrons. The second kappa shape index (κ2) is 3.92. The summed E-state index contributed by atoms with van der Waals surface area (Å²) >= 11 is 0. The fourth-order valence-electron chi connectivity index (χ4n) is 1.36. The second-order valence-corrected chi connectivity index (χ2v) is 3.16. The number of carbonyl (C=O) groups excluding carboxylic acids is 1. The van der Waals surface area contributed by atoms with Crippen LogP contribution in [0.5, 0.6) is 0 Å². The molecular formula is C12H10N2O. The van der Waals surface area contributed by atoms with Gasteiger partial charge in [-0.15, -0.1) is 0 Å². The molecule has 3 heteroatoms. The Bertz CT molecular complexity index is 484. The monoisotopic (exact) mass is 198 g/mol. The van der Waals surface area contributed by atoms with Crippen molar-refractivity contribution in [3.8, 4) is 0 Å². The van der Waals surface area contributed by atoms with Gasteiger partial charge >= 0.3 is 0 Å². The average Bonchev–Trinajstić information content (AvgIpc) is 2.18. The molecule has 0 spiro atoms. The summed E-state index contributed by atoms with van der Waals surface area (Å²) in [4.78, 5) is 15.2. The average molecular weight is 198 g/mol. The number of nitrogens with two attached hydrogens (primary N) is 1. The summed E-state index contributed by atoms with van der Waals surface area (Å²) in [6, 6.07) is 5.21. The highest BCUT2D eigenvalue weighted by Gasteiger charge is 2.04. The molecule has 0 aromatic heterocycles. The highest BCUT2D eigenvalue weighted by molar-refractivity contribution is 5.94. The first-order chi connectivity index (χ1) is 7.27. The summed E-state index contributed by atoms with van der Waals surface area (Å²) in [5.41, 5.74) is 7.43. The Hall–Kier alpha value is -2.16. The van der Waals surface area contributed by atoms with E-state index in [0.29, 0.717) is 5.56 Å². The molecule has 0 unspecified atom stereocenters. The molecule has 2 N–H and O–H groups in total. The van der Waals surface area contributed by atoms with Crippen molar-refractivity contribution >= 4 is 23.9 Å². The maximum Gasteiger partial charge on any atom is 0.248 e. The third-order valence-corrected chi connectivity index (χ3v) is 2.11. The van der Waals surface area contributed by atoms with Crippen LogP contribution in [0, 0.1) is 0 Å². The molecule has 1 heterocycles. The number of carbonyl (C=O) groups is 1. The Labute approximate surface area is 87.6 Å². The van der Waals surface area contributed by atoms with Crippen LogP contribution in [0.2, 0.25) is 0 Å². The Kier molecular flexibility index (Phi) is 2.46. The fourth-order valence-corrected chi connectivity index (χ4v) is 1.36. The summed E-state index contributed by atoms with van der Waals surface area (Å²) in [5, 5.41) is 0. The molecule has 1 aromatic rings. The van der Waals surface area contributed by atoms with Gasteiger partial charge in [-0.3, -0.25) is 9.79 Å². The van der Waals surface area contributed by atoms with E-state index in [1.54, 1.807) is 24.4 Å². The Morgan fingerprint density at radius 2 is 2.07 bits per heavy atom. The van der Waals surface area contributed by atoms with Gasteiger partial charge < -0.3 is 5.73 Å². The summed E-state index contributed by atoms with van der Waals surface area (Å²) in [6.07, 6.45) is 9.24. The maximum atomic E-state index is 11.0. The van der Waals surface area contributed by atoms with Crippen molar-refractivity contribution in [2.75, 3.05) is 0 Å². The van der Waals surface area contributed by atoms with Crippen molar-refractivity contribution < 1.29 is 4.79 Å². The molecule has 0 aliphatic carbocycles.